The van der Waals surface area contributed by atoms with E-state index in [9.17, 15) is 4.79 Å². The summed E-state index contributed by atoms with van der Waals surface area (Å²) in [5.74, 6) is 0.236. The van der Waals surface area contributed by atoms with Crippen molar-refractivity contribution in [3.63, 3.8) is 0 Å². The summed E-state index contributed by atoms with van der Waals surface area (Å²) in [6, 6.07) is 0. The van der Waals surface area contributed by atoms with Crippen molar-refractivity contribution in [2.45, 2.75) is 77.0 Å². The van der Waals surface area contributed by atoms with Crippen LogP contribution < -0.4 is 5.56 Å². The van der Waals surface area contributed by atoms with E-state index >= 15 is 0 Å². The monoisotopic (exact) mass is 476 g/mol. The molecule has 0 radical (unpaired) electrons. The third-order valence-corrected chi connectivity index (χ3v) is 11.6. The largest absolute Gasteiger partial charge is 0.391 e. The summed E-state index contributed by atoms with van der Waals surface area (Å²) in [5, 5.41) is -0.214. The number of imidazole rings is 1. The predicted octanol–water partition coefficient (Wildman–Crippen LogP) is 3.33. The zero-order valence-corrected chi connectivity index (χ0v) is 22.0. The molecule has 2 aromatic heterocycles. The van der Waals surface area contributed by atoms with E-state index in [0.717, 1.165) is 0 Å². The second-order valence-electron chi connectivity index (χ2n) is 11.4. The van der Waals surface area contributed by atoms with Crippen molar-refractivity contribution in [1.82, 2.24) is 24.4 Å². The van der Waals surface area contributed by atoms with Crippen LogP contribution in [0, 0.1) is 5.92 Å². The number of aromatic amines is 1. The number of aliphatic imine (C=N–C) groups is 1. The van der Waals surface area contributed by atoms with Crippen molar-refractivity contribution in [1.29, 1.82) is 0 Å². The molecule has 0 amide bonds. The summed E-state index contributed by atoms with van der Waals surface area (Å²) in [7, 11) is 1.08. The van der Waals surface area contributed by atoms with Crippen LogP contribution in [0.1, 0.15) is 54.7 Å². The lowest BCUT2D eigenvalue weighted by Gasteiger charge is -2.53. The molecule has 2 saturated heterocycles. The van der Waals surface area contributed by atoms with Gasteiger partial charge in [-0.15, -0.1) is 0 Å². The van der Waals surface area contributed by atoms with E-state index in [4.69, 9.17) is 13.6 Å². The van der Waals surface area contributed by atoms with E-state index in [1.54, 1.807) is 17.6 Å². The molecule has 0 aromatic carbocycles. The van der Waals surface area contributed by atoms with E-state index < -0.39 is 8.56 Å². The molecule has 0 spiro atoms. The molecule has 33 heavy (non-hydrogen) atoms. The topological polar surface area (TPSA) is 107 Å². The third-order valence-electron chi connectivity index (χ3n) is 6.48. The maximum Gasteiger partial charge on any atom is 0.349 e. The second kappa shape index (κ2) is 8.00. The fourth-order valence-corrected chi connectivity index (χ4v) is 10.2. The minimum atomic E-state index is -2.62. The number of nitrogens with zero attached hydrogens (tertiary/aromatic N) is 5. The highest BCUT2D eigenvalue weighted by molar-refractivity contribution is 6.73. The standard InChI is InChI=1S/C22H36N6O4Si/c1-13-16-14(10-30-33(32-16,21(2,3)4)22(5,6)7)31-19(13)28-12-23-15-17(28)25-20(26-18(15)29)24-11-27(8)9/h11-14,16,19H,10H2,1-9H3,(H,25,26,29)/b24-11-/t13-,14-,16?,19+/m0/s1. The Hall–Kier alpha value is -2.08. The van der Waals surface area contributed by atoms with E-state index in [1.165, 1.54) is 0 Å². The molecule has 0 saturated carbocycles. The normalized spacial score (nSPS) is 27.9. The van der Waals surface area contributed by atoms with E-state index in [-0.39, 0.29) is 51.5 Å². The molecule has 2 aliphatic heterocycles. The first-order chi connectivity index (χ1) is 15.2. The van der Waals surface area contributed by atoms with Gasteiger partial charge in [-0.3, -0.25) is 14.3 Å². The van der Waals surface area contributed by atoms with Gasteiger partial charge in [0.25, 0.3) is 5.56 Å². The van der Waals surface area contributed by atoms with Crippen LogP contribution in [-0.4, -0.2) is 72.2 Å². The summed E-state index contributed by atoms with van der Waals surface area (Å²) in [4.78, 5) is 30.1. The molecule has 10 nitrogen and oxygen atoms in total. The minimum absolute atomic E-state index is 0.0164. The van der Waals surface area contributed by atoms with Gasteiger partial charge in [0.1, 0.15) is 12.3 Å². The number of hydrogen-bond acceptors (Lipinski definition) is 7. The molecule has 1 N–H and O–H groups in total. The second-order valence-corrected chi connectivity index (χ2v) is 16.1. The first-order valence-corrected chi connectivity index (χ1v) is 13.2. The maximum absolute atomic E-state index is 12.6. The van der Waals surface area contributed by atoms with Crippen LogP contribution in [0.5, 0.6) is 0 Å². The highest BCUT2D eigenvalue weighted by atomic mass is 28.4. The number of nitrogens with one attached hydrogen (secondary N) is 1. The molecule has 4 atom stereocenters. The first-order valence-electron chi connectivity index (χ1n) is 11.4. The fraction of sp³-hybridized carbons (Fsp3) is 0.727. The lowest BCUT2D eigenvalue weighted by atomic mass is 10.0. The van der Waals surface area contributed by atoms with Crippen molar-refractivity contribution < 1.29 is 13.6 Å². The Kier molecular flexibility index (Phi) is 5.83. The van der Waals surface area contributed by atoms with Crippen molar-refractivity contribution in [2.75, 3.05) is 20.7 Å². The Balaban J connectivity index is 1.70. The molecule has 2 aliphatic rings. The molecule has 4 heterocycles. The average Bonchev–Trinajstić information content (AvgIpc) is 3.25. The van der Waals surface area contributed by atoms with Gasteiger partial charge in [0.2, 0.25) is 5.95 Å². The summed E-state index contributed by atoms with van der Waals surface area (Å²) < 4.78 is 21.8. The third kappa shape index (κ3) is 3.94. The van der Waals surface area contributed by atoms with Crippen LogP contribution in [0.4, 0.5) is 5.95 Å². The van der Waals surface area contributed by atoms with Gasteiger partial charge in [-0.05, 0) is 0 Å². The Morgan fingerprint density at radius 1 is 1.24 bits per heavy atom. The van der Waals surface area contributed by atoms with Crippen LogP contribution in [-0.2, 0) is 13.6 Å². The molecule has 11 heteroatoms. The lowest BCUT2D eigenvalue weighted by molar-refractivity contribution is -0.0794. The van der Waals surface area contributed by atoms with Crippen LogP contribution in [0.15, 0.2) is 16.1 Å². The molecule has 2 aromatic rings. The number of ether oxygens (including phenoxy) is 1. The Morgan fingerprint density at radius 3 is 2.52 bits per heavy atom. The zero-order valence-electron chi connectivity index (χ0n) is 21.0. The first kappa shape index (κ1) is 24.1. The molecule has 2 fully saturated rings. The summed E-state index contributed by atoms with van der Waals surface area (Å²) in [5.41, 5.74) is 0.366. The van der Waals surface area contributed by atoms with Gasteiger partial charge in [-0.1, -0.05) is 48.5 Å². The van der Waals surface area contributed by atoms with Crippen LogP contribution in [0.25, 0.3) is 11.2 Å². The quantitative estimate of drug-likeness (QED) is 0.411. The number of hydrogen-bond donors (Lipinski definition) is 1. The molecule has 0 aliphatic carbocycles. The van der Waals surface area contributed by atoms with Gasteiger partial charge in [0.05, 0.1) is 25.4 Å². The van der Waals surface area contributed by atoms with Gasteiger partial charge in [-0.2, -0.15) is 4.98 Å². The van der Waals surface area contributed by atoms with Crippen LogP contribution in [0.3, 0.4) is 0 Å². The molecule has 4 rings (SSSR count). The Morgan fingerprint density at radius 2 is 1.91 bits per heavy atom. The predicted molar refractivity (Wildman–Crippen MR) is 129 cm³/mol. The number of H-pyrrole nitrogens is 1. The number of fused-ring (bicyclic) bond motifs is 2. The summed E-state index contributed by atoms with van der Waals surface area (Å²) >= 11 is 0. The van der Waals surface area contributed by atoms with Crippen molar-refractivity contribution >= 4 is 32.0 Å². The van der Waals surface area contributed by atoms with Gasteiger partial charge < -0.3 is 18.5 Å². The van der Waals surface area contributed by atoms with E-state index in [0.29, 0.717) is 12.3 Å². The van der Waals surface area contributed by atoms with Gasteiger partial charge in [-0.25, -0.2) is 9.98 Å². The summed E-state index contributed by atoms with van der Waals surface area (Å²) in [6.07, 6.45) is 2.52. The van der Waals surface area contributed by atoms with E-state index in [2.05, 4.69) is 68.4 Å². The van der Waals surface area contributed by atoms with Crippen molar-refractivity contribution in [3.05, 3.63) is 16.7 Å². The molecule has 1 unspecified atom stereocenters. The Bertz CT molecular complexity index is 1100. The minimum Gasteiger partial charge on any atom is -0.391 e. The maximum atomic E-state index is 12.6. The Labute approximate surface area is 195 Å². The van der Waals surface area contributed by atoms with Gasteiger partial charge >= 0.3 is 8.56 Å². The highest BCUT2D eigenvalue weighted by Crippen LogP contribution is 2.56. The van der Waals surface area contributed by atoms with Crippen molar-refractivity contribution in [3.8, 4) is 0 Å². The fourth-order valence-electron chi connectivity index (χ4n) is 5.19. The molecule has 0 bridgehead atoms. The molecular formula is C22H36N6O4Si. The SMILES string of the molecule is C[C@H]1C2O[Si](C(C)(C)C)(C(C)(C)C)OC[C@@H]2O[C@H]1n1cnc2c(=O)[nH]c(/N=C\N(C)C)nc21. The summed E-state index contributed by atoms with van der Waals surface area (Å²) in [6.45, 7) is 15.9. The number of aromatic nitrogens is 4. The van der Waals surface area contributed by atoms with Crippen molar-refractivity contribution in [2.24, 2.45) is 10.9 Å². The molecular weight excluding hydrogens is 440 g/mol. The van der Waals surface area contributed by atoms with Crippen LogP contribution >= 0.6 is 0 Å². The van der Waals surface area contributed by atoms with Gasteiger partial charge in [0.15, 0.2) is 11.2 Å². The van der Waals surface area contributed by atoms with E-state index in [1.807, 2.05) is 18.7 Å². The van der Waals surface area contributed by atoms with Gasteiger partial charge in [0, 0.05) is 30.1 Å². The number of rotatable bonds is 3. The molecule has 182 valence electrons. The highest BCUT2D eigenvalue weighted by Gasteiger charge is 2.64. The average molecular weight is 477 g/mol. The zero-order chi connectivity index (χ0) is 24.3. The smallest absolute Gasteiger partial charge is 0.349 e. The lowest BCUT2D eigenvalue weighted by Crippen LogP contribution is -2.64. The van der Waals surface area contributed by atoms with Crippen LogP contribution in [0.2, 0.25) is 10.1 Å².